The average Bonchev–Trinajstić information content (AvgIpc) is 3.28. The molecule has 1 aliphatic rings. The fourth-order valence-electron chi connectivity index (χ4n) is 4.09. The number of nitrogens with zero attached hydrogens (tertiary/aromatic N) is 3. The molecule has 1 aliphatic heterocycles. The molecule has 2 aromatic rings. The molecule has 32 heavy (non-hydrogen) atoms. The molecule has 0 atom stereocenters. The zero-order chi connectivity index (χ0) is 22.9. The lowest BCUT2D eigenvalue weighted by Gasteiger charge is -2.14. The van der Waals surface area contributed by atoms with Gasteiger partial charge in [-0.1, -0.05) is 41.6 Å². The highest BCUT2D eigenvalue weighted by Gasteiger charge is 2.14. The maximum absolute atomic E-state index is 12.9. The van der Waals surface area contributed by atoms with Gasteiger partial charge in [0.15, 0.2) is 5.16 Å². The van der Waals surface area contributed by atoms with Crippen LogP contribution in [0.5, 0.6) is 0 Å². The summed E-state index contributed by atoms with van der Waals surface area (Å²) in [6, 6.07) is 8.25. The van der Waals surface area contributed by atoms with Crippen molar-refractivity contribution in [1.82, 2.24) is 19.8 Å². The molecule has 1 aromatic carbocycles. The zero-order valence-electron chi connectivity index (χ0n) is 19.7. The molecule has 3 rings (SSSR count). The summed E-state index contributed by atoms with van der Waals surface area (Å²) in [5.74, 6) is 0.980. The summed E-state index contributed by atoms with van der Waals surface area (Å²) in [5.41, 5.74) is 3.91. The summed E-state index contributed by atoms with van der Waals surface area (Å²) in [6.45, 7) is 8.01. The van der Waals surface area contributed by atoms with Gasteiger partial charge in [-0.3, -0.25) is 14.2 Å². The minimum absolute atomic E-state index is 0.0267. The fourth-order valence-corrected chi connectivity index (χ4v) is 5.10. The summed E-state index contributed by atoms with van der Waals surface area (Å²) in [6.07, 6.45) is 5.49. The number of likely N-dealkylation sites (tertiary alicyclic amines) is 1. The van der Waals surface area contributed by atoms with Crippen LogP contribution in [0.2, 0.25) is 0 Å². The van der Waals surface area contributed by atoms with Gasteiger partial charge in [0.05, 0.1) is 0 Å². The van der Waals surface area contributed by atoms with Gasteiger partial charge in [0.25, 0.3) is 5.56 Å². The Labute approximate surface area is 195 Å². The number of benzene rings is 1. The van der Waals surface area contributed by atoms with Crippen LogP contribution in [-0.4, -0.2) is 52.3 Å². The van der Waals surface area contributed by atoms with Crippen LogP contribution in [0, 0.1) is 13.8 Å². The highest BCUT2D eigenvalue weighted by atomic mass is 32.2. The van der Waals surface area contributed by atoms with Crippen molar-refractivity contribution in [1.29, 1.82) is 0 Å². The number of carbonyl (C=O) groups excluding carboxylic acids is 1. The lowest BCUT2D eigenvalue weighted by molar-refractivity contribution is -0.121. The van der Waals surface area contributed by atoms with E-state index in [4.69, 9.17) is 4.98 Å². The lowest BCUT2D eigenvalue weighted by Crippen LogP contribution is -2.33. The zero-order valence-corrected chi connectivity index (χ0v) is 20.5. The Kier molecular flexibility index (Phi) is 9.36. The largest absolute Gasteiger partial charge is 0.355 e. The summed E-state index contributed by atoms with van der Waals surface area (Å²) in [4.78, 5) is 32.0. The molecule has 1 N–H and O–H groups in total. The normalized spacial score (nSPS) is 14.1. The molecule has 0 bridgehead atoms. The number of rotatable bonds is 11. The number of hydrogen-bond donors (Lipinski definition) is 1. The molecule has 1 aromatic heterocycles. The second kappa shape index (κ2) is 12.2. The third kappa shape index (κ3) is 7.20. The highest BCUT2D eigenvalue weighted by Crippen LogP contribution is 2.18. The van der Waals surface area contributed by atoms with Crippen molar-refractivity contribution in [2.45, 2.75) is 57.5 Å². The van der Waals surface area contributed by atoms with Gasteiger partial charge in [0, 0.05) is 50.0 Å². The van der Waals surface area contributed by atoms with Crippen LogP contribution in [0.1, 0.15) is 54.5 Å². The van der Waals surface area contributed by atoms with Gasteiger partial charge < -0.3 is 10.2 Å². The van der Waals surface area contributed by atoms with Crippen LogP contribution in [0.15, 0.2) is 34.2 Å². The molecule has 0 aliphatic carbocycles. The number of thioether (sulfide) groups is 1. The number of carbonyl (C=O) groups is 1. The third-order valence-corrected chi connectivity index (χ3v) is 7.11. The molecule has 1 fully saturated rings. The topological polar surface area (TPSA) is 67.2 Å². The molecular weight excluding hydrogens is 420 g/mol. The van der Waals surface area contributed by atoms with Gasteiger partial charge in [-0.05, 0) is 58.2 Å². The van der Waals surface area contributed by atoms with Crippen LogP contribution >= 0.6 is 11.8 Å². The van der Waals surface area contributed by atoms with E-state index in [1.165, 1.54) is 18.4 Å². The van der Waals surface area contributed by atoms with Crippen molar-refractivity contribution in [3.05, 3.63) is 57.0 Å². The van der Waals surface area contributed by atoms with E-state index in [1.807, 2.05) is 13.0 Å². The quantitative estimate of drug-likeness (QED) is 0.319. The van der Waals surface area contributed by atoms with Crippen LogP contribution in [0.4, 0.5) is 0 Å². The Morgan fingerprint density at radius 2 is 1.97 bits per heavy atom. The molecule has 6 nitrogen and oxygen atoms in total. The van der Waals surface area contributed by atoms with Gasteiger partial charge in [-0.2, -0.15) is 0 Å². The summed E-state index contributed by atoms with van der Waals surface area (Å²) in [7, 11) is 1.80. The molecule has 1 saturated heterocycles. The van der Waals surface area contributed by atoms with Crippen LogP contribution in [-0.2, 0) is 18.3 Å². The molecule has 1 amide bonds. The van der Waals surface area contributed by atoms with Gasteiger partial charge >= 0.3 is 0 Å². The molecule has 0 spiro atoms. The predicted octanol–water partition coefficient (Wildman–Crippen LogP) is 3.46. The van der Waals surface area contributed by atoms with Crippen molar-refractivity contribution < 1.29 is 4.79 Å². The molecule has 0 saturated carbocycles. The standard InChI is InChI=1S/C25H36N4O2S/c1-19-9-8-10-21(17-19)18-22-20(2)27-25(28(3)24(22)31)32-16-7-4-11-23(30)26-12-15-29-13-5-6-14-29/h8-10,17H,4-7,11-16,18H2,1-3H3,(H,26,30). The van der Waals surface area contributed by atoms with E-state index >= 15 is 0 Å². The smallest absolute Gasteiger partial charge is 0.257 e. The summed E-state index contributed by atoms with van der Waals surface area (Å²) >= 11 is 1.59. The van der Waals surface area contributed by atoms with Crippen molar-refractivity contribution in [3.8, 4) is 0 Å². The summed E-state index contributed by atoms with van der Waals surface area (Å²) in [5, 5.41) is 3.77. The monoisotopic (exact) mass is 456 g/mol. The molecule has 174 valence electrons. The maximum Gasteiger partial charge on any atom is 0.257 e. The van der Waals surface area contributed by atoms with E-state index in [0.717, 1.165) is 66.8 Å². The number of unbranched alkanes of at least 4 members (excludes halogenated alkanes) is 1. The predicted molar refractivity (Wildman–Crippen MR) is 131 cm³/mol. The Balaban J connectivity index is 1.42. The molecule has 0 unspecified atom stereocenters. The fraction of sp³-hybridized carbons (Fsp3) is 0.560. The van der Waals surface area contributed by atoms with Crippen LogP contribution in [0.3, 0.4) is 0 Å². The van der Waals surface area contributed by atoms with E-state index in [0.29, 0.717) is 12.8 Å². The maximum atomic E-state index is 12.9. The van der Waals surface area contributed by atoms with Crippen molar-refractivity contribution in [3.63, 3.8) is 0 Å². The van der Waals surface area contributed by atoms with Crippen molar-refractivity contribution >= 4 is 17.7 Å². The Hall–Kier alpha value is -2.12. The SMILES string of the molecule is Cc1cccc(Cc2c(C)nc(SCCCCC(=O)NCCN3CCCC3)n(C)c2=O)c1. The number of aryl methyl sites for hydroxylation is 2. The minimum atomic E-state index is 0.0267. The van der Waals surface area contributed by atoms with Gasteiger partial charge in [0.2, 0.25) is 5.91 Å². The van der Waals surface area contributed by atoms with Crippen molar-refractivity contribution in [2.24, 2.45) is 7.05 Å². The minimum Gasteiger partial charge on any atom is -0.355 e. The first-order valence-electron chi connectivity index (χ1n) is 11.7. The van der Waals surface area contributed by atoms with Crippen molar-refractivity contribution in [2.75, 3.05) is 31.9 Å². The molecule has 7 heteroatoms. The highest BCUT2D eigenvalue weighted by molar-refractivity contribution is 7.99. The van der Waals surface area contributed by atoms with E-state index in [9.17, 15) is 9.59 Å². The number of aromatic nitrogens is 2. The number of hydrogen-bond acceptors (Lipinski definition) is 5. The second-order valence-electron chi connectivity index (χ2n) is 8.69. The van der Waals surface area contributed by atoms with Gasteiger partial charge in [-0.15, -0.1) is 0 Å². The Morgan fingerprint density at radius 1 is 1.19 bits per heavy atom. The van der Waals surface area contributed by atoms with E-state index in [2.05, 4.69) is 35.3 Å². The van der Waals surface area contributed by atoms with Gasteiger partial charge in [0.1, 0.15) is 0 Å². The van der Waals surface area contributed by atoms with E-state index in [-0.39, 0.29) is 11.5 Å². The first-order chi connectivity index (χ1) is 15.4. The first-order valence-corrected chi connectivity index (χ1v) is 12.7. The number of amides is 1. The number of nitrogens with one attached hydrogen (secondary N) is 1. The van der Waals surface area contributed by atoms with E-state index < -0.39 is 0 Å². The average molecular weight is 457 g/mol. The third-order valence-electron chi connectivity index (χ3n) is 5.99. The second-order valence-corrected chi connectivity index (χ2v) is 9.75. The summed E-state index contributed by atoms with van der Waals surface area (Å²) < 4.78 is 1.66. The molecule has 2 heterocycles. The lowest BCUT2D eigenvalue weighted by atomic mass is 10.0. The Morgan fingerprint density at radius 3 is 2.72 bits per heavy atom. The first kappa shape index (κ1) is 24.5. The Bertz CT molecular complexity index is 967. The van der Waals surface area contributed by atoms with Crippen LogP contribution in [0.25, 0.3) is 0 Å². The van der Waals surface area contributed by atoms with Gasteiger partial charge in [-0.25, -0.2) is 4.98 Å². The van der Waals surface area contributed by atoms with Crippen LogP contribution < -0.4 is 10.9 Å². The molecular formula is C25H36N4O2S. The van der Waals surface area contributed by atoms with E-state index in [1.54, 1.807) is 23.4 Å². The molecule has 0 radical (unpaired) electrons.